The Bertz CT molecular complexity index is 273. The largest absolute Gasteiger partial charge is 0.354 e. The number of hydrogen-bond acceptors (Lipinski definition) is 2. The van der Waals surface area contributed by atoms with Gasteiger partial charge in [-0.15, -0.1) is 0 Å². The van der Waals surface area contributed by atoms with Gasteiger partial charge in [0.1, 0.15) is 5.54 Å². The zero-order valence-corrected chi connectivity index (χ0v) is 8.43. The fourth-order valence-corrected chi connectivity index (χ4v) is 2.19. The van der Waals surface area contributed by atoms with Crippen molar-refractivity contribution in [2.75, 3.05) is 6.54 Å². The maximum Gasteiger partial charge on any atom is 0.245 e. The number of carbonyl (C=O) groups is 2. The van der Waals surface area contributed by atoms with E-state index < -0.39 is 5.54 Å². The summed E-state index contributed by atoms with van der Waals surface area (Å²) in [4.78, 5) is 22.7. The second-order valence-electron chi connectivity index (χ2n) is 4.42. The molecule has 4 nitrogen and oxygen atoms in total. The van der Waals surface area contributed by atoms with Gasteiger partial charge in [0.15, 0.2) is 0 Å². The molecule has 2 aliphatic rings. The summed E-state index contributed by atoms with van der Waals surface area (Å²) >= 11 is 0. The van der Waals surface area contributed by atoms with Crippen LogP contribution in [0.3, 0.4) is 0 Å². The molecule has 1 saturated carbocycles. The Morgan fingerprint density at radius 1 is 1.64 bits per heavy atom. The van der Waals surface area contributed by atoms with Crippen molar-refractivity contribution in [2.24, 2.45) is 5.92 Å². The summed E-state index contributed by atoms with van der Waals surface area (Å²) in [5.74, 6) is 0.535. The first kappa shape index (κ1) is 9.49. The van der Waals surface area contributed by atoms with Crippen LogP contribution in [0.2, 0.25) is 0 Å². The smallest absolute Gasteiger partial charge is 0.245 e. The van der Waals surface area contributed by atoms with Gasteiger partial charge in [0.2, 0.25) is 11.8 Å². The lowest BCUT2D eigenvalue weighted by Crippen LogP contribution is -2.53. The average molecular weight is 196 g/mol. The van der Waals surface area contributed by atoms with Crippen molar-refractivity contribution in [3.05, 3.63) is 0 Å². The molecule has 0 bridgehead atoms. The summed E-state index contributed by atoms with van der Waals surface area (Å²) in [7, 11) is 0. The first-order valence-corrected chi connectivity index (χ1v) is 5.19. The lowest BCUT2D eigenvalue weighted by Gasteiger charge is -2.26. The number of rotatable bonds is 3. The van der Waals surface area contributed by atoms with E-state index in [1.807, 2.05) is 0 Å². The van der Waals surface area contributed by atoms with Crippen LogP contribution < -0.4 is 10.6 Å². The van der Waals surface area contributed by atoms with E-state index >= 15 is 0 Å². The molecule has 1 aliphatic carbocycles. The van der Waals surface area contributed by atoms with E-state index in [4.69, 9.17) is 0 Å². The molecule has 2 fully saturated rings. The van der Waals surface area contributed by atoms with Gasteiger partial charge in [-0.05, 0) is 18.8 Å². The molecule has 1 heterocycles. The molecule has 1 atom stereocenters. The summed E-state index contributed by atoms with van der Waals surface area (Å²) in [5, 5.41) is 5.62. The van der Waals surface area contributed by atoms with Crippen LogP contribution in [0.4, 0.5) is 0 Å². The predicted octanol–water partition coefficient (Wildman–Crippen LogP) is 0.181. The van der Waals surface area contributed by atoms with Crippen molar-refractivity contribution in [2.45, 2.75) is 38.1 Å². The maximum absolute atomic E-state index is 11.7. The normalized spacial score (nSPS) is 31.4. The number of carbonyl (C=O) groups excluding carboxylic acids is 2. The minimum Gasteiger partial charge on any atom is -0.354 e. The molecule has 2 amide bonds. The number of nitrogens with one attached hydrogen (secondary N) is 2. The first-order valence-electron chi connectivity index (χ1n) is 5.19. The third-order valence-corrected chi connectivity index (χ3v) is 3.02. The van der Waals surface area contributed by atoms with E-state index in [0.717, 1.165) is 12.8 Å². The van der Waals surface area contributed by atoms with Crippen LogP contribution in [0.15, 0.2) is 0 Å². The quantitative estimate of drug-likeness (QED) is 0.676. The van der Waals surface area contributed by atoms with Gasteiger partial charge in [-0.2, -0.15) is 0 Å². The monoisotopic (exact) mass is 196 g/mol. The second-order valence-corrected chi connectivity index (χ2v) is 4.42. The molecular weight excluding hydrogens is 180 g/mol. The van der Waals surface area contributed by atoms with Gasteiger partial charge in [-0.1, -0.05) is 12.8 Å². The van der Waals surface area contributed by atoms with Crippen molar-refractivity contribution in [1.29, 1.82) is 0 Å². The van der Waals surface area contributed by atoms with E-state index in [0.29, 0.717) is 12.5 Å². The highest BCUT2D eigenvalue weighted by atomic mass is 16.2. The zero-order valence-electron chi connectivity index (χ0n) is 8.43. The topological polar surface area (TPSA) is 58.2 Å². The molecule has 0 spiro atoms. The molecule has 0 aromatic rings. The molecule has 0 aromatic heterocycles. The van der Waals surface area contributed by atoms with Crippen LogP contribution in [0, 0.1) is 5.92 Å². The van der Waals surface area contributed by atoms with Crippen LogP contribution in [0.5, 0.6) is 0 Å². The molecule has 1 unspecified atom stereocenters. The van der Waals surface area contributed by atoms with E-state index in [1.165, 1.54) is 19.8 Å². The van der Waals surface area contributed by atoms with E-state index in [9.17, 15) is 9.59 Å². The van der Waals surface area contributed by atoms with Crippen LogP contribution >= 0.6 is 0 Å². The van der Waals surface area contributed by atoms with Crippen molar-refractivity contribution >= 4 is 11.8 Å². The minimum absolute atomic E-state index is 0.000370. The third kappa shape index (κ3) is 1.74. The van der Waals surface area contributed by atoms with E-state index in [1.54, 1.807) is 0 Å². The van der Waals surface area contributed by atoms with Gasteiger partial charge in [0, 0.05) is 13.5 Å². The average Bonchev–Trinajstić information content (AvgIpc) is 2.80. The van der Waals surface area contributed by atoms with Crippen molar-refractivity contribution in [3.8, 4) is 0 Å². The number of hydrogen-bond donors (Lipinski definition) is 2. The Morgan fingerprint density at radius 3 is 2.79 bits per heavy atom. The van der Waals surface area contributed by atoms with Crippen molar-refractivity contribution in [3.63, 3.8) is 0 Å². The van der Waals surface area contributed by atoms with Gasteiger partial charge in [0.25, 0.3) is 0 Å². The lowest BCUT2D eigenvalue weighted by molar-refractivity contribution is -0.130. The molecule has 4 heteroatoms. The van der Waals surface area contributed by atoms with Gasteiger partial charge in [-0.3, -0.25) is 9.59 Å². The molecule has 1 saturated heterocycles. The molecule has 1 aliphatic heterocycles. The fourth-order valence-electron chi connectivity index (χ4n) is 2.19. The molecule has 0 radical (unpaired) electrons. The van der Waals surface area contributed by atoms with Crippen molar-refractivity contribution in [1.82, 2.24) is 10.6 Å². The lowest BCUT2D eigenvalue weighted by atomic mass is 9.90. The summed E-state index contributed by atoms with van der Waals surface area (Å²) in [5.41, 5.74) is -0.590. The predicted molar refractivity (Wildman–Crippen MR) is 51.5 cm³/mol. The van der Waals surface area contributed by atoms with Crippen LogP contribution in [0.25, 0.3) is 0 Å². The number of amides is 2. The Kier molecular flexibility index (Phi) is 2.21. The highest BCUT2D eigenvalue weighted by molar-refractivity contribution is 5.92. The summed E-state index contributed by atoms with van der Waals surface area (Å²) in [6.45, 7) is 2.16. The van der Waals surface area contributed by atoms with Crippen LogP contribution in [-0.2, 0) is 9.59 Å². The third-order valence-electron chi connectivity index (χ3n) is 3.02. The first-order chi connectivity index (χ1) is 6.62. The Balaban J connectivity index is 2.09. The zero-order chi connectivity index (χ0) is 10.2. The maximum atomic E-state index is 11.7. The summed E-state index contributed by atoms with van der Waals surface area (Å²) < 4.78 is 0. The Labute approximate surface area is 83.4 Å². The summed E-state index contributed by atoms with van der Waals surface area (Å²) in [6, 6.07) is 0. The van der Waals surface area contributed by atoms with Crippen LogP contribution in [0.1, 0.15) is 32.6 Å². The Morgan fingerprint density at radius 2 is 2.36 bits per heavy atom. The molecular formula is C10H16N2O2. The van der Waals surface area contributed by atoms with Gasteiger partial charge in [0.05, 0.1) is 0 Å². The SMILES string of the molecule is CC(=O)NC1(CC2CC2)CCNC1=O. The highest BCUT2D eigenvalue weighted by Gasteiger charge is 2.46. The molecule has 0 aromatic carbocycles. The Hall–Kier alpha value is -1.06. The van der Waals surface area contributed by atoms with E-state index in [-0.39, 0.29) is 11.8 Å². The molecule has 14 heavy (non-hydrogen) atoms. The molecule has 2 rings (SSSR count). The van der Waals surface area contributed by atoms with Crippen LogP contribution in [-0.4, -0.2) is 23.9 Å². The summed E-state index contributed by atoms with van der Waals surface area (Å²) in [6.07, 6.45) is 3.96. The van der Waals surface area contributed by atoms with Crippen molar-refractivity contribution < 1.29 is 9.59 Å². The second kappa shape index (κ2) is 3.26. The minimum atomic E-state index is -0.590. The highest BCUT2D eigenvalue weighted by Crippen LogP contribution is 2.39. The van der Waals surface area contributed by atoms with Gasteiger partial charge in [-0.25, -0.2) is 0 Å². The van der Waals surface area contributed by atoms with Gasteiger partial charge >= 0.3 is 0 Å². The fraction of sp³-hybridized carbons (Fsp3) is 0.800. The van der Waals surface area contributed by atoms with E-state index in [2.05, 4.69) is 10.6 Å². The molecule has 2 N–H and O–H groups in total. The molecule has 78 valence electrons. The standard InChI is InChI=1S/C10H16N2O2/c1-7(13)12-10(6-8-2-3-8)4-5-11-9(10)14/h8H,2-6H2,1H3,(H,11,14)(H,12,13). The van der Waals surface area contributed by atoms with Gasteiger partial charge < -0.3 is 10.6 Å².